The molecule has 2 aromatic carbocycles. The molecule has 0 fully saturated rings. The smallest absolute Gasteiger partial charge is 0.0780 e. The summed E-state index contributed by atoms with van der Waals surface area (Å²) >= 11 is 0. The fourth-order valence-corrected chi connectivity index (χ4v) is 2.87. The van der Waals surface area contributed by atoms with Crippen LogP contribution in [-0.4, -0.2) is 9.97 Å². The number of aryl methyl sites for hydroxylation is 1. The maximum absolute atomic E-state index is 4.57. The quantitative estimate of drug-likeness (QED) is 0.498. The lowest BCUT2D eigenvalue weighted by Crippen LogP contribution is -1.89. The summed E-state index contributed by atoms with van der Waals surface area (Å²) in [5.41, 5.74) is 5.64. The van der Waals surface area contributed by atoms with Crippen LogP contribution in [0.5, 0.6) is 0 Å². The Morgan fingerprint density at radius 3 is 2.33 bits per heavy atom. The molecular weight excluding hydrogens is 256 g/mol. The summed E-state index contributed by atoms with van der Waals surface area (Å²) in [5.74, 6) is 0. The highest BCUT2D eigenvalue weighted by molar-refractivity contribution is 6.03. The van der Waals surface area contributed by atoms with E-state index in [2.05, 4.69) is 59.4 Å². The third-order valence-electron chi connectivity index (χ3n) is 3.89. The molecule has 21 heavy (non-hydrogen) atoms. The number of hydrogen-bond donors (Lipinski definition) is 0. The van der Waals surface area contributed by atoms with Crippen molar-refractivity contribution >= 4 is 21.8 Å². The van der Waals surface area contributed by atoms with Crippen molar-refractivity contribution in [3.8, 4) is 11.1 Å². The summed E-state index contributed by atoms with van der Waals surface area (Å²) in [6.45, 7) is 2.10. The van der Waals surface area contributed by atoms with Crippen molar-refractivity contribution in [1.82, 2.24) is 9.97 Å². The summed E-state index contributed by atoms with van der Waals surface area (Å²) < 4.78 is 0. The van der Waals surface area contributed by atoms with Crippen LogP contribution in [0.4, 0.5) is 0 Å². The SMILES string of the molecule is Cc1ccc(-c2cccc3cccnc23)c2cccnc12. The Labute approximate surface area is 123 Å². The standard InChI is InChI=1S/C19H14N2/c1-13-9-10-15(16-8-4-12-20-18(13)16)17-7-2-5-14-6-3-11-21-19(14)17/h2-12H,1H3. The molecule has 0 aliphatic rings. The fraction of sp³-hybridized carbons (Fsp3) is 0.0526. The fourth-order valence-electron chi connectivity index (χ4n) is 2.87. The van der Waals surface area contributed by atoms with Crippen LogP contribution < -0.4 is 0 Å². The van der Waals surface area contributed by atoms with Crippen molar-refractivity contribution in [3.05, 3.63) is 72.6 Å². The van der Waals surface area contributed by atoms with Gasteiger partial charge in [0.15, 0.2) is 0 Å². The molecule has 0 amide bonds. The Morgan fingerprint density at radius 1 is 0.667 bits per heavy atom. The third kappa shape index (κ3) is 1.88. The third-order valence-corrected chi connectivity index (χ3v) is 3.89. The summed E-state index contributed by atoms with van der Waals surface area (Å²) in [6.07, 6.45) is 3.70. The van der Waals surface area contributed by atoms with E-state index < -0.39 is 0 Å². The summed E-state index contributed by atoms with van der Waals surface area (Å²) in [4.78, 5) is 9.09. The van der Waals surface area contributed by atoms with Crippen molar-refractivity contribution in [3.63, 3.8) is 0 Å². The number of benzene rings is 2. The van der Waals surface area contributed by atoms with Crippen LogP contribution in [0.25, 0.3) is 32.9 Å². The highest BCUT2D eigenvalue weighted by Crippen LogP contribution is 2.33. The number of hydrogen-bond acceptors (Lipinski definition) is 2. The highest BCUT2D eigenvalue weighted by Gasteiger charge is 2.09. The summed E-state index contributed by atoms with van der Waals surface area (Å²) in [7, 11) is 0. The van der Waals surface area contributed by atoms with E-state index in [1.165, 1.54) is 16.5 Å². The molecule has 0 bridgehead atoms. The zero-order chi connectivity index (χ0) is 14.2. The zero-order valence-corrected chi connectivity index (χ0v) is 11.7. The Bertz CT molecular complexity index is 952. The maximum Gasteiger partial charge on any atom is 0.0780 e. The normalized spacial score (nSPS) is 11.1. The monoisotopic (exact) mass is 270 g/mol. The average molecular weight is 270 g/mol. The molecule has 2 nitrogen and oxygen atoms in total. The molecule has 100 valence electrons. The van der Waals surface area contributed by atoms with E-state index in [1.54, 1.807) is 0 Å². The minimum atomic E-state index is 1.04. The molecule has 0 aliphatic carbocycles. The molecule has 2 heteroatoms. The van der Waals surface area contributed by atoms with Crippen molar-refractivity contribution in [2.24, 2.45) is 0 Å². The van der Waals surface area contributed by atoms with Crippen molar-refractivity contribution < 1.29 is 0 Å². The van der Waals surface area contributed by atoms with Gasteiger partial charge in [-0.15, -0.1) is 0 Å². The Morgan fingerprint density at radius 2 is 1.43 bits per heavy atom. The second-order valence-electron chi connectivity index (χ2n) is 5.21. The second-order valence-corrected chi connectivity index (χ2v) is 5.21. The van der Waals surface area contributed by atoms with Crippen molar-refractivity contribution in [2.75, 3.05) is 0 Å². The lowest BCUT2D eigenvalue weighted by Gasteiger charge is -2.10. The summed E-state index contributed by atoms with van der Waals surface area (Å²) in [5, 5.41) is 2.34. The van der Waals surface area contributed by atoms with E-state index >= 15 is 0 Å². The van der Waals surface area contributed by atoms with E-state index in [4.69, 9.17) is 0 Å². The van der Waals surface area contributed by atoms with Gasteiger partial charge in [0.25, 0.3) is 0 Å². The first kappa shape index (κ1) is 12.0. The average Bonchev–Trinajstić information content (AvgIpc) is 2.55. The van der Waals surface area contributed by atoms with Crippen LogP contribution in [-0.2, 0) is 0 Å². The van der Waals surface area contributed by atoms with Crippen molar-refractivity contribution in [1.29, 1.82) is 0 Å². The van der Waals surface area contributed by atoms with Crippen LogP contribution in [0.2, 0.25) is 0 Å². The van der Waals surface area contributed by atoms with Crippen LogP contribution >= 0.6 is 0 Å². The van der Waals surface area contributed by atoms with Gasteiger partial charge < -0.3 is 0 Å². The number of aromatic nitrogens is 2. The molecule has 0 atom stereocenters. The Hall–Kier alpha value is -2.74. The number of pyridine rings is 2. The highest BCUT2D eigenvalue weighted by atomic mass is 14.7. The lowest BCUT2D eigenvalue weighted by molar-refractivity contribution is 1.36. The first-order chi connectivity index (χ1) is 10.3. The van der Waals surface area contributed by atoms with Crippen molar-refractivity contribution in [2.45, 2.75) is 6.92 Å². The van der Waals surface area contributed by atoms with E-state index in [1.807, 2.05) is 24.5 Å². The second kappa shape index (κ2) is 4.67. The van der Waals surface area contributed by atoms with Gasteiger partial charge in [0, 0.05) is 28.7 Å². The minimum Gasteiger partial charge on any atom is -0.256 e. The number of rotatable bonds is 1. The lowest BCUT2D eigenvalue weighted by atomic mass is 9.96. The molecule has 2 aromatic heterocycles. The molecule has 0 N–H and O–H groups in total. The molecule has 4 aromatic rings. The van der Waals surface area contributed by atoms with E-state index in [-0.39, 0.29) is 0 Å². The van der Waals surface area contributed by atoms with Gasteiger partial charge in [-0.3, -0.25) is 9.97 Å². The molecule has 0 saturated carbocycles. The van der Waals surface area contributed by atoms with Gasteiger partial charge in [-0.25, -0.2) is 0 Å². The van der Waals surface area contributed by atoms with Crippen LogP contribution in [0.3, 0.4) is 0 Å². The molecular formula is C19H14N2. The predicted molar refractivity (Wildman–Crippen MR) is 87.2 cm³/mol. The van der Waals surface area contributed by atoms with Crippen LogP contribution in [0.1, 0.15) is 5.56 Å². The first-order valence-electron chi connectivity index (χ1n) is 7.03. The van der Waals surface area contributed by atoms with Gasteiger partial charge in [0.1, 0.15) is 0 Å². The van der Waals surface area contributed by atoms with E-state index in [0.29, 0.717) is 0 Å². The van der Waals surface area contributed by atoms with Gasteiger partial charge in [0.05, 0.1) is 11.0 Å². The van der Waals surface area contributed by atoms with Crippen LogP contribution in [0.15, 0.2) is 67.0 Å². The zero-order valence-electron chi connectivity index (χ0n) is 11.7. The topological polar surface area (TPSA) is 25.8 Å². The van der Waals surface area contributed by atoms with E-state index in [9.17, 15) is 0 Å². The molecule has 4 rings (SSSR count). The number of fused-ring (bicyclic) bond motifs is 2. The minimum absolute atomic E-state index is 1.04. The summed E-state index contributed by atoms with van der Waals surface area (Å²) in [6, 6.07) is 18.8. The molecule has 0 unspecified atom stereocenters. The van der Waals surface area contributed by atoms with E-state index in [0.717, 1.165) is 22.0 Å². The largest absolute Gasteiger partial charge is 0.256 e. The Balaban J connectivity index is 2.13. The predicted octanol–water partition coefficient (Wildman–Crippen LogP) is 4.76. The van der Waals surface area contributed by atoms with Gasteiger partial charge in [0.2, 0.25) is 0 Å². The van der Waals surface area contributed by atoms with Gasteiger partial charge in [-0.05, 0) is 30.2 Å². The molecule has 0 aliphatic heterocycles. The molecule has 0 spiro atoms. The van der Waals surface area contributed by atoms with Gasteiger partial charge in [-0.2, -0.15) is 0 Å². The Kier molecular flexibility index (Phi) is 2.68. The molecule has 0 saturated heterocycles. The van der Waals surface area contributed by atoms with Gasteiger partial charge in [-0.1, -0.05) is 42.5 Å². The van der Waals surface area contributed by atoms with Gasteiger partial charge >= 0.3 is 0 Å². The van der Waals surface area contributed by atoms with Crippen LogP contribution in [0, 0.1) is 6.92 Å². The maximum atomic E-state index is 4.57. The number of nitrogens with zero attached hydrogens (tertiary/aromatic N) is 2. The first-order valence-corrected chi connectivity index (χ1v) is 7.03. The molecule has 0 radical (unpaired) electrons. The molecule has 2 heterocycles. The number of para-hydroxylation sites is 1.